The highest BCUT2D eigenvalue weighted by Gasteiger charge is 2.19. The molecule has 0 saturated heterocycles. The van der Waals surface area contributed by atoms with Gasteiger partial charge in [-0.05, 0) is 81.2 Å². The van der Waals surface area contributed by atoms with Gasteiger partial charge in [0.05, 0.1) is 11.2 Å². The van der Waals surface area contributed by atoms with E-state index in [-0.39, 0.29) is 0 Å². The molecule has 0 aliphatic rings. The van der Waals surface area contributed by atoms with Gasteiger partial charge in [0.1, 0.15) is 11.5 Å². The molecule has 0 saturated carbocycles. The molecule has 4 heteroatoms. The molecule has 0 aliphatic carbocycles. The van der Waals surface area contributed by atoms with Crippen molar-refractivity contribution < 1.29 is 0 Å². The van der Waals surface area contributed by atoms with E-state index in [2.05, 4.69) is 94.5 Å². The number of rotatable bonds is 3. The summed E-state index contributed by atoms with van der Waals surface area (Å²) in [6, 6.07) is 40.4. The lowest BCUT2D eigenvalue weighted by atomic mass is 9.87. The monoisotopic (exact) mass is 498 g/mol. The Morgan fingerprint density at radius 3 is 1.72 bits per heavy atom. The largest absolute Gasteiger partial charge is 0.278 e. The molecular formula is C35H22N4. The average Bonchev–Trinajstić information content (AvgIpc) is 3.34. The third-order valence-electron chi connectivity index (χ3n) is 7.55. The fraction of sp³-hybridized carbons (Fsp3) is 0. The standard InChI is InChI=1S/C35H22N4/c1-3-12-26-24(10-1)33(25-11-2-4-13-27(25)34(26)30-15-5-7-19-36-30)23-17-18-31-29(22-23)28-14-9-21-38-35(28)39(31)32-16-6-8-20-37-32/h1-22H. The summed E-state index contributed by atoms with van der Waals surface area (Å²) in [5.74, 6) is 0.861. The van der Waals surface area contributed by atoms with Crippen molar-refractivity contribution in [3.8, 4) is 28.2 Å². The zero-order valence-corrected chi connectivity index (χ0v) is 21.0. The van der Waals surface area contributed by atoms with Gasteiger partial charge in [0, 0.05) is 34.9 Å². The Kier molecular flexibility index (Phi) is 4.79. The molecular weight excluding hydrogens is 476 g/mol. The highest BCUT2D eigenvalue weighted by atomic mass is 15.1. The number of benzene rings is 4. The maximum atomic E-state index is 4.76. The first kappa shape index (κ1) is 21.7. The van der Waals surface area contributed by atoms with E-state index in [9.17, 15) is 0 Å². The van der Waals surface area contributed by atoms with E-state index in [1.165, 1.54) is 38.2 Å². The second-order valence-electron chi connectivity index (χ2n) is 9.69. The van der Waals surface area contributed by atoms with Crippen molar-refractivity contribution in [1.29, 1.82) is 0 Å². The van der Waals surface area contributed by atoms with Gasteiger partial charge in [-0.15, -0.1) is 0 Å². The maximum Gasteiger partial charge on any atom is 0.146 e. The van der Waals surface area contributed by atoms with Crippen LogP contribution in [0.2, 0.25) is 0 Å². The molecule has 0 bridgehead atoms. The van der Waals surface area contributed by atoms with Crippen LogP contribution in [0.15, 0.2) is 134 Å². The van der Waals surface area contributed by atoms with Crippen molar-refractivity contribution in [2.45, 2.75) is 0 Å². The summed E-state index contributed by atoms with van der Waals surface area (Å²) in [6.45, 7) is 0. The number of hydrogen-bond acceptors (Lipinski definition) is 3. The van der Waals surface area contributed by atoms with Gasteiger partial charge in [0.2, 0.25) is 0 Å². The number of aromatic nitrogens is 4. The zero-order valence-electron chi connectivity index (χ0n) is 21.0. The Hall–Kier alpha value is -5.35. The fourth-order valence-corrected chi connectivity index (χ4v) is 5.95. The van der Waals surface area contributed by atoms with Gasteiger partial charge < -0.3 is 0 Å². The lowest BCUT2D eigenvalue weighted by Crippen LogP contribution is -1.97. The van der Waals surface area contributed by atoms with E-state index in [1.807, 2.05) is 48.9 Å². The highest BCUT2D eigenvalue weighted by Crippen LogP contribution is 2.44. The number of nitrogens with zero attached hydrogens (tertiary/aromatic N) is 4. The summed E-state index contributed by atoms with van der Waals surface area (Å²) < 4.78 is 2.15. The number of pyridine rings is 3. The topological polar surface area (TPSA) is 43.6 Å². The zero-order chi connectivity index (χ0) is 25.8. The SMILES string of the molecule is c1ccc(-c2c3ccccc3c(-c3ccc4c(c3)c3cccnc3n4-c3ccccn3)c3ccccc23)nc1. The molecule has 0 aliphatic heterocycles. The minimum Gasteiger partial charge on any atom is -0.278 e. The molecule has 4 aromatic heterocycles. The predicted molar refractivity (Wildman–Crippen MR) is 160 cm³/mol. The van der Waals surface area contributed by atoms with Gasteiger partial charge in [-0.2, -0.15) is 0 Å². The third kappa shape index (κ3) is 3.28. The fourth-order valence-electron chi connectivity index (χ4n) is 5.95. The average molecular weight is 499 g/mol. The van der Waals surface area contributed by atoms with Crippen LogP contribution in [-0.2, 0) is 0 Å². The molecule has 0 fully saturated rings. The molecule has 0 spiro atoms. The lowest BCUT2D eigenvalue weighted by molar-refractivity contribution is 1.06. The summed E-state index contributed by atoms with van der Waals surface area (Å²) in [5, 5.41) is 7.08. The van der Waals surface area contributed by atoms with Gasteiger partial charge in [-0.3, -0.25) is 9.55 Å². The Labute approximate surface area is 224 Å². The minimum absolute atomic E-state index is 0.861. The second-order valence-corrected chi connectivity index (χ2v) is 9.69. The van der Waals surface area contributed by atoms with Crippen molar-refractivity contribution in [1.82, 2.24) is 19.5 Å². The molecule has 0 amide bonds. The van der Waals surface area contributed by atoms with E-state index in [0.29, 0.717) is 0 Å². The van der Waals surface area contributed by atoms with E-state index in [0.717, 1.165) is 33.4 Å². The first-order valence-corrected chi connectivity index (χ1v) is 13.0. The van der Waals surface area contributed by atoms with Crippen LogP contribution in [0.4, 0.5) is 0 Å². The van der Waals surface area contributed by atoms with Crippen molar-refractivity contribution in [2.24, 2.45) is 0 Å². The van der Waals surface area contributed by atoms with Crippen LogP contribution in [0.3, 0.4) is 0 Å². The normalized spacial score (nSPS) is 11.6. The first-order valence-electron chi connectivity index (χ1n) is 13.0. The molecule has 4 heterocycles. The third-order valence-corrected chi connectivity index (χ3v) is 7.55. The summed E-state index contributed by atoms with van der Waals surface area (Å²) >= 11 is 0. The molecule has 4 aromatic carbocycles. The molecule has 4 nitrogen and oxygen atoms in total. The summed E-state index contributed by atoms with van der Waals surface area (Å²) in [6.07, 6.45) is 5.54. The second kappa shape index (κ2) is 8.61. The molecule has 0 unspecified atom stereocenters. The van der Waals surface area contributed by atoms with Crippen LogP contribution in [0, 0.1) is 0 Å². The number of hydrogen-bond donors (Lipinski definition) is 0. The summed E-state index contributed by atoms with van der Waals surface area (Å²) in [7, 11) is 0. The quantitative estimate of drug-likeness (QED) is 0.229. The van der Waals surface area contributed by atoms with E-state index >= 15 is 0 Å². The molecule has 0 N–H and O–H groups in total. The molecule has 0 atom stereocenters. The molecule has 182 valence electrons. The summed E-state index contributed by atoms with van der Waals surface area (Å²) in [4.78, 5) is 14.1. The van der Waals surface area contributed by atoms with Gasteiger partial charge in [0.15, 0.2) is 0 Å². The van der Waals surface area contributed by atoms with Gasteiger partial charge >= 0.3 is 0 Å². The highest BCUT2D eigenvalue weighted by molar-refractivity contribution is 6.22. The van der Waals surface area contributed by atoms with E-state index in [1.54, 1.807) is 0 Å². The van der Waals surface area contributed by atoms with Crippen LogP contribution in [-0.4, -0.2) is 19.5 Å². The molecule has 0 radical (unpaired) electrons. The van der Waals surface area contributed by atoms with Crippen molar-refractivity contribution in [3.63, 3.8) is 0 Å². The molecule has 8 rings (SSSR count). The first-order chi connectivity index (χ1) is 19.4. The van der Waals surface area contributed by atoms with Crippen LogP contribution < -0.4 is 0 Å². The maximum absolute atomic E-state index is 4.76. The Bertz CT molecular complexity index is 2110. The minimum atomic E-state index is 0.861. The molecule has 8 aromatic rings. The van der Waals surface area contributed by atoms with Gasteiger partial charge in [-0.25, -0.2) is 9.97 Å². The molecule has 39 heavy (non-hydrogen) atoms. The van der Waals surface area contributed by atoms with E-state index in [4.69, 9.17) is 9.97 Å². The van der Waals surface area contributed by atoms with Crippen LogP contribution in [0.5, 0.6) is 0 Å². The van der Waals surface area contributed by atoms with Gasteiger partial charge in [0.25, 0.3) is 0 Å². The predicted octanol–water partition coefficient (Wildman–Crippen LogP) is 8.61. The summed E-state index contributed by atoms with van der Waals surface area (Å²) in [5.41, 5.74) is 6.55. The Balaban J connectivity index is 1.48. The Morgan fingerprint density at radius 1 is 0.436 bits per heavy atom. The van der Waals surface area contributed by atoms with E-state index < -0.39 is 0 Å². The smallest absolute Gasteiger partial charge is 0.146 e. The van der Waals surface area contributed by atoms with Crippen LogP contribution >= 0.6 is 0 Å². The Morgan fingerprint density at radius 2 is 1.05 bits per heavy atom. The van der Waals surface area contributed by atoms with Crippen molar-refractivity contribution in [3.05, 3.63) is 134 Å². The van der Waals surface area contributed by atoms with Gasteiger partial charge in [-0.1, -0.05) is 66.7 Å². The van der Waals surface area contributed by atoms with Crippen molar-refractivity contribution >= 4 is 43.5 Å². The van der Waals surface area contributed by atoms with Crippen LogP contribution in [0.25, 0.3) is 71.7 Å². The van der Waals surface area contributed by atoms with Crippen molar-refractivity contribution in [2.75, 3.05) is 0 Å². The lowest BCUT2D eigenvalue weighted by Gasteiger charge is -2.17. The van der Waals surface area contributed by atoms with Crippen LogP contribution in [0.1, 0.15) is 0 Å². The number of fused-ring (bicyclic) bond motifs is 5.